The summed E-state index contributed by atoms with van der Waals surface area (Å²) in [5.74, 6) is 1.49. The molecule has 0 N–H and O–H groups in total. The maximum absolute atomic E-state index is 4.41. The molecule has 0 spiro atoms. The van der Waals surface area contributed by atoms with Gasteiger partial charge in [-0.3, -0.25) is 4.57 Å². The van der Waals surface area contributed by atoms with Crippen LogP contribution in [0.4, 0.5) is 0 Å². The SMILES string of the molecule is CC(C)c1ncc(Br)n1-c1ccccc1. The lowest BCUT2D eigenvalue weighted by molar-refractivity contribution is 0.747. The first kappa shape index (κ1) is 10.4. The van der Waals surface area contributed by atoms with Crippen LogP contribution in [0, 0.1) is 0 Å². The first-order valence-corrected chi connectivity index (χ1v) is 5.78. The molecule has 0 aliphatic rings. The second kappa shape index (κ2) is 4.19. The van der Waals surface area contributed by atoms with Crippen molar-refractivity contribution in [3.63, 3.8) is 0 Å². The zero-order valence-electron chi connectivity index (χ0n) is 8.81. The monoisotopic (exact) mass is 264 g/mol. The van der Waals surface area contributed by atoms with Crippen molar-refractivity contribution in [3.8, 4) is 5.69 Å². The zero-order chi connectivity index (χ0) is 10.8. The summed E-state index contributed by atoms with van der Waals surface area (Å²) in [5, 5.41) is 0. The smallest absolute Gasteiger partial charge is 0.116 e. The van der Waals surface area contributed by atoms with E-state index in [2.05, 4.69) is 51.5 Å². The van der Waals surface area contributed by atoms with Gasteiger partial charge >= 0.3 is 0 Å². The van der Waals surface area contributed by atoms with E-state index in [1.165, 1.54) is 0 Å². The zero-order valence-corrected chi connectivity index (χ0v) is 10.4. The standard InChI is InChI=1S/C12H13BrN2/c1-9(2)12-14-8-11(13)15(12)10-6-4-3-5-7-10/h3-9H,1-2H3. The molecule has 0 amide bonds. The molecule has 0 unspecified atom stereocenters. The number of hydrogen-bond acceptors (Lipinski definition) is 1. The number of para-hydroxylation sites is 1. The Morgan fingerprint density at radius 2 is 1.87 bits per heavy atom. The second-order valence-corrected chi connectivity index (χ2v) is 4.58. The Hall–Kier alpha value is -1.09. The largest absolute Gasteiger partial charge is 0.291 e. The predicted octanol–water partition coefficient (Wildman–Crippen LogP) is 3.76. The molecule has 0 aliphatic carbocycles. The van der Waals surface area contributed by atoms with Crippen LogP contribution >= 0.6 is 15.9 Å². The highest BCUT2D eigenvalue weighted by Gasteiger charge is 2.12. The molecule has 0 radical (unpaired) electrons. The summed E-state index contributed by atoms with van der Waals surface area (Å²) in [7, 11) is 0. The van der Waals surface area contributed by atoms with E-state index in [4.69, 9.17) is 0 Å². The number of benzene rings is 1. The molecule has 2 rings (SSSR count). The van der Waals surface area contributed by atoms with E-state index in [9.17, 15) is 0 Å². The molecule has 0 atom stereocenters. The van der Waals surface area contributed by atoms with E-state index in [1.807, 2.05) is 24.4 Å². The number of rotatable bonds is 2. The summed E-state index contributed by atoms with van der Waals surface area (Å²) in [6.07, 6.45) is 1.85. The van der Waals surface area contributed by atoms with E-state index < -0.39 is 0 Å². The number of nitrogens with zero attached hydrogens (tertiary/aromatic N) is 2. The summed E-state index contributed by atoms with van der Waals surface area (Å²) in [6, 6.07) is 10.2. The highest BCUT2D eigenvalue weighted by Crippen LogP contribution is 2.23. The summed E-state index contributed by atoms with van der Waals surface area (Å²) >= 11 is 3.52. The molecule has 0 fully saturated rings. The molecule has 1 aromatic carbocycles. The van der Waals surface area contributed by atoms with Crippen molar-refractivity contribution in [2.45, 2.75) is 19.8 Å². The van der Waals surface area contributed by atoms with Gasteiger partial charge in [0.15, 0.2) is 0 Å². The van der Waals surface area contributed by atoms with Crippen molar-refractivity contribution in [3.05, 3.63) is 47.0 Å². The topological polar surface area (TPSA) is 17.8 Å². The minimum Gasteiger partial charge on any atom is -0.291 e. The maximum atomic E-state index is 4.41. The van der Waals surface area contributed by atoms with E-state index in [0.29, 0.717) is 5.92 Å². The van der Waals surface area contributed by atoms with Gasteiger partial charge < -0.3 is 0 Å². The van der Waals surface area contributed by atoms with Crippen LogP contribution in [0.2, 0.25) is 0 Å². The van der Waals surface area contributed by atoms with Crippen LogP contribution in [-0.2, 0) is 0 Å². The Balaban J connectivity index is 2.57. The van der Waals surface area contributed by atoms with E-state index in [-0.39, 0.29) is 0 Å². The third-order valence-electron chi connectivity index (χ3n) is 2.28. The van der Waals surface area contributed by atoms with Crippen molar-refractivity contribution in [1.29, 1.82) is 0 Å². The Morgan fingerprint density at radius 3 is 2.47 bits per heavy atom. The summed E-state index contributed by atoms with van der Waals surface area (Å²) in [5.41, 5.74) is 1.14. The number of hydrogen-bond donors (Lipinski definition) is 0. The van der Waals surface area contributed by atoms with E-state index in [1.54, 1.807) is 0 Å². The highest BCUT2D eigenvalue weighted by molar-refractivity contribution is 9.10. The van der Waals surface area contributed by atoms with Gasteiger partial charge in [0.25, 0.3) is 0 Å². The molecule has 15 heavy (non-hydrogen) atoms. The van der Waals surface area contributed by atoms with Crippen molar-refractivity contribution >= 4 is 15.9 Å². The van der Waals surface area contributed by atoms with Gasteiger partial charge in [-0.15, -0.1) is 0 Å². The van der Waals surface area contributed by atoms with Crippen molar-refractivity contribution in [1.82, 2.24) is 9.55 Å². The van der Waals surface area contributed by atoms with Gasteiger partial charge in [0.05, 0.1) is 6.20 Å². The minimum absolute atomic E-state index is 0.413. The molecule has 0 bridgehead atoms. The number of imidazole rings is 1. The Morgan fingerprint density at radius 1 is 1.20 bits per heavy atom. The molecule has 0 saturated heterocycles. The molecule has 0 aliphatic heterocycles. The van der Waals surface area contributed by atoms with Gasteiger partial charge in [0.1, 0.15) is 10.4 Å². The fraction of sp³-hybridized carbons (Fsp3) is 0.250. The Labute approximate surface area is 98.1 Å². The summed E-state index contributed by atoms with van der Waals surface area (Å²) in [4.78, 5) is 4.41. The average Bonchev–Trinajstić information content (AvgIpc) is 2.61. The van der Waals surface area contributed by atoms with Crippen LogP contribution < -0.4 is 0 Å². The normalized spacial score (nSPS) is 10.9. The molecule has 3 heteroatoms. The van der Waals surface area contributed by atoms with Crippen molar-refractivity contribution in [2.75, 3.05) is 0 Å². The van der Waals surface area contributed by atoms with Crippen LogP contribution in [-0.4, -0.2) is 9.55 Å². The van der Waals surface area contributed by atoms with Gasteiger partial charge in [0.2, 0.25) is 0 Å². The molecule has 0 saturated carbocycles. The lowest BCUT2D eigenvalue weighted by Crippen LogP contribution is -2.03. The van der Waals surface area contributed by atoms with Crippen LogP contribution in [0.25, 0.3) is 5.69 Å². The lowest BCUT2D eigenvalue weighted by atomic mass is 10.2. The maximum Gasteiger partial charge on any atom is 0.116 e. The van der Waals surface area contributed by atoms with E-state index >= 15 is 0 Å². The molecular weight excluding hydrogens is 252 g/mol. The third-order valence-corrected chi connectivity index (χ3v) is 2.84. The summed E-state index contributed by atoms with van der Waals surface area (Å²) < 4.78 is 3.13. The average molecular weight is 265 g/mol. The minimum atomic E-state index is 0.413. The Bertz CT molecular complexity index is 446. The molecule has 2 nitrogen and oxygen atoms in total. The Kier molecular flexibility index (Phi) is 2.91. The lowest BCUT2D eigenvalue weighted by Gasteiger charge is -2.11. The highest BCUT2D eigenvalue weighted by atomic mass is 79.9. The van der Waals surface area contributed by atoms with E-state index in [0.717, 1.165) is 16.1 Å². The van der Waals surface area contributed by atoms with Crippen LogP contribution in [0.3, 0.4) is 0 Å². The molecule has 1 aromatic heterocycles. The van der Waals surface area contributed by atoms with Crippen LogP contribution in [0.1, 0.15) is 25.6 Å². The predicted molar refractivity (Wildman–Crippen MR) is 65.4 cm³/mol. The number of halogens is 1. The summed E-state index contributed by atoms with van der Waals surface area (Å²) in [6.45, 7) is 4.29. The van der Waals surface area contributed by atoms with Gasteiger partial charge in [-0.2, -0.15) is 0 Å². The van der Waals surface area contributed by atoms with Crippen LogP contribution in [0.5, 0.6) is 0 Å². The number of aromatic nitrogens is 2. The quantitative estimate of drug-likeness (QED) is 0.808. The first-order chi connectivity index (χ1) is 7.20. The second-order valence-electron chi connectivity index (χ2n) is 3.76. The third kappa shape index (κ3) is 1.97. The van der Waals surface area contributed by atoms with Gasteiger partial charge in [-0.1, -0.05) is 32.0 Å². The van der Waals surface area contributed by atoms with Gasteiger partial charge in [-0.25, -0.2) is 4.98 Å². The first-order valence-electron chi connectivity index (χ1n) is 4.98. The molecule has 78 valence electrons. The molecule has 1 heterocycles. The fourth-order valence-corrected chi connectivity index (χ4v) is 2.07. The molecule has 2 aromatic rings. The molecular formula is C12H13BrN2. The van der Waals surface area contributed by atoms with Crippen molar-refractivity contribution in [2.24, 2.45) is 0 Å². The fourth-order valence-electron chi connectivity index (χ4n) is 1.58. The van der Waals surface area contributed by atoms with Gasteiger partial charge in [0, 0.05) is 11.6 Å². The van der Waals surface area contributed by atoms with Gasteiger partial charge in [-0.05, 0) is 28.1 Å². The van der Waals surface area contributed by atoms with Crippen LogP contribution in [0.15, 0.2) is 41.1 Å². The van der Waals surface area contributed by atoms with Crippen molar-refractivity contribution < 1.29 is 0 Å².